The Balaban J connectivity index is 1.77. The van der Waals surface area contributed by atoms with Crippen LogP contribution in [0.25, 0.3) is 0 Å². The first-order valence-corrected chi connectivity index (χ1v) is 7.72. The zero-order chi connectivity index (χ0) is 15.2. The van der Waals surface area contributed by atoms with Crippen LogP contribution < -0.4 is 5.32 Å². The Morgan fingerprint density at radius 2 is 2.10 bits per heavy atom. The van der Waals surface area contributed by atoms with Crippen LogP contribution in [0.15, 0.2) is 36.4 Å². The topological polar surface area (TPSA) is 32.3 Å². The maximum absolute atomic E-state index is 13.4. The average molecular weight is 327 g/mol. The Labute approximate surface area is 132 Å². The molecule has 1 N–H and O–H groups in total. The van der Waals surface area contributed by atoms with Crippen LogP contribution in [0.1, 0.15) is 10.4 Å². The molecule has 1 aromatic heterocycles. The SMILES string of the molecule is CN(Cc1ccc(Cl)s1)C(=O)NCCc1ccccc1F. The van der Waals surface area contributed by atoms with Crippen LogP contribution in [0.3, 0.4) is 0 Å². The van der Waals surface area contributed by atoms with Crippen LogP contribution in [0.5, 0.6) is 0 Å². The maximum atomic E-state index is 13.4. The summed E-state index contributed by atoms with van der Waals surface area (Å²) < 4.78 is 14.1. The zero-order valence-electron chi connectivity index (χ0n) is 11.6. The molecule has 112 valence electrons. The van der Waals surface area contributed by atoms with E-state index < -0.39 is 0 Å². The number of carbonyl (C=O) groups is 1. The van der Waals surface area contributed by atoms with E-state index in [4.69, 9.17) is 11.6 Å². The van der Waals surface area contributed by atoms with Gasteiger partial charge >= 0.3 is 6.03 Å². The van der Waals surface area contributed by atoms with Crippen molar-refractivity contribution in [2.75, 3.05) is 13.6 Å². The van der Waals surface area contributed by atoms with E-state index in [1.807, 2.05) is 12.1 Å². The van der Waals surface area contributed by atoms with Gasteiger partial charge in [0.25, 0.3) is 0 Å². The highest BCUT2D eigenvalue weighted by Gasteiger charge is 2.10. The second kappa shape index (κ2) is 7.43. The molecule has 2 amide bonds. The number of carbonyl (C=O) groups excluding carboxylic acids is 1. The van der Waals surface area contributed by atoms with Crippen molar-refractivity contribution in [1.29, 1.82) is 0 Å². The van der Waals surface area contributed by atoms with Crippen molar-refractivity contribution in [3.63, 3.8) is 0 Å². The Hall–Kier alpha value is -1.59. The molecule has 0 saturated carbocycles. The Morgan fingerprint density at radius 3 is 2.76 bits per heavy atom. The maximum Gasteiger partial charge on any atom is 0.317 e. The second-order valence-electron chi connectivity index (χ2n) is 4.64. The smallest absolute Gasteiger partial charge is 0.317 e. The number of nitrogens with zero attached hydrogens (tertiary/aromatic N) is 1. The summed E-state index contributed by atoms with van der Waals surface area (Å²) in [6.45, 7) is 0.901. The van der Waals surface area contributed by atoms with E-state index in [1.54, 1.807) is 30.1 Å². The van der Waals surface area contributed by atoms with Crippen LogP contribution in [-0.4, -0.2) is 24.5 Å². The van der Waals surface area contributed by atoms with E-state index in [1.165, 1.54) is 17.4 Å². The summed E-state index contributed by atoms with van der Waals surface area (Å²) in [4.78, 5) is 14.5. The van der Waals surface area contributed by atoms with Gasteiger partial charge in [0.1, 0.15) is 5.82 Å². The number of benzene rings is 1. The van der Waals surface area contributed by atoms with Gasteiger partial charge in [-0.2, -0.15) is 0 Å². The molecule has 0 fully saturated rings. The van der Waals surface area contributed by atoms with E-state index in [-0.39, 0.29) is 11.8 Å². The fourth-order valence-corrected chi connectivity index (χ4v) is 3.02. The molecular formula is C15H16ClFN2OS. The van der Waals surface area contributed by atoms with Crippen molar-refractivity contribution in [2.24, 2.45) is 0 Å². The van der Waals surface area contributed by atoms with Crippen molar-refractivity contribution in [3.8, 4) is 0 Å². The molecule has 0 aliphatic carbocycles. The van der Waals surface area contributed by atoms with E-state index in [2.05, 4.69) is 5.32 Å². The lowest BCUT2D eigenvalue weighted by Gasteiger charge is -2.17. The van der Waals surface area contributed by atoms with Gasteiger partial charge in [-0.25, -0.2) is 9.18 Å². The molecule has 0 aliphatic rings. The second-order valence-corrected chi connectivity index (χ2v) is 6.43. The Kier molecular flexibility index (Phi) is 5.59. The number of amides is 2. The molecular weight excluding hydrogens is 311 g/mol. The third kappa shape index (κ3) is 4.72. The van der Waals surface area contributed by atoms with E-state index in [0.29, 0.717) is 29.4 Å². The van der Waals surface area contributed by atoms with Crippen LogP contribution in [-0.2, 0) is 13.0 Å². The Morgan fingerprint density at radius 1 is 1.33 bits per heavy atom. The van der Waals surface area contributed by atoms with Gasteiger partial charge in [0, 0.05) is 18.5 Å². The number of hydrogen-bond donors (Lipinski definition) is 1. The normalized spacial score (nSPS) is 10.4. The summed E-state index contributed by atoms with van der Waals surface area (Å²) in [5, 5.41) is 2.78. The molecule has 0 bridgehead atoms. The molecule has 0 atom stereocenters. The molecule has 1 aromatic carbocycles. The lowest BCUT2D eigenvalue weighted by Crippen LogP contribution is -2.37. The minimum Gasteiger partial charge on any atom is -0.338 e. The average Bonchev–Trinajstić information content (AvgIpc) is 2.86. The van der Waals surface area contributed by atoms with Crippen LogP contribution in [0, 0.1) is 5.82 Å². The fraction of sp³-hybridized carbons (Fsp3) is 0.267. The highest BCUT2D eigenvalue weighted by Crippen LogP contribution is 2.22. The van der Waals surface area contributed by atoms with Crippen molar-refractivity contribution in [2.45, 2.75) is 13.0 Å². The monoisotopic (exact) mass is 326 g/mol. The van der Waals surface area contributed by atoms with E-state index in [9.17, 15) is 9.18 Å². The van der Waals surface area contributed by atoms with Gasteiger partial charge in [-0.15, -0.1) is 11.3 Å². The van der Waals surface area contributed by atoms with E-state index >= 15 is 0 Å². The van der Waals surface area contributed by atoms with Crippen LogP contribution in [0.4, 0.5) is 9.18 Å². The largest absolute Gasteiger partial charge is 0.338 e. The van der Waals surface area contributed by atoms with Gasteiger partial charge in [-0.3, -0.25) is 0 Å². The predicted molar refractivity (Wildman–Crippen MR) is 84.3 cm³/mol. The third-order valence-electron chi connectivity index (χ3n) is 3.00. The summed E-state index contributed by atoms with van der Waals surface area (Å²) in [5.74, 6) is -0.242. The highest BCUT2D eigenvalue weighted by atomic mass is 35.5. The van der Waals surface area contributed by atoms with Gasteiger partial charge in [-0.05, 0) is 30.2 Å². The summed E-state index contributed by atoms with van der Waals surface area (Å²) >= 11 is 7.30. The molecule has 0 saturated heterocycles. The standard InChI is InChI=1S/C15H16ClFN2OS/c1-19(10-12-6-7-14(16)21-12)15(20)18-9-8-11-4-2-3-5-13(11)17/h2-7H,8-10H2,1H3,(H,18,20). The number of thiophene rings is 1. The molecule has 21 heavy (non-hydrogen) atoms. The fourth-order valence-electron chi connectivity index (χ4n) is 1.88. The summed E-state index contributed by atoms with van der Waals surface area (Å²) in [5.41, 5.74) is 0.602. The third-order valence-corrected chi connectivity index (χ3v) is 4.21. The zero-order valence-corrected chi connectivity index (χ0v) is 13.2. The summed E-state index contributed by atoms with van der Waals surface area (Å²) in [6, 6.07) is 10.1. The van der Waals surface area contributed by atoms with Crippen molar-refractivity contribution >= 4 is 29.0 Å². The minimum atomic E-state index is -0.242. The number of urea groups is 1. The van der Waals surface area contributed by atoms with Crippen molar-refractivity contribution in [3.05, 3.63) is 57.0 Å². The molecule has 1 heterocycles. The first-order chi connectivity index (χ1) is 10.1. The minimum absolute atomic E-state index is 0.184. The highest BCUT2D eigenvalue weighted by molar-refractivity contribution is 7.16. The first kappa shape index (κ1) is 15.8. The van der Waals surface area contributed by atoms with Gasteiger partial charge in [0.2, 0.25) is 0 Å². The molecule has 0 unspecified atom stereocenters. The van der Waals surface area contributed by atoms with Crippen molar-refractivity contribution in [1.82, 2.24) is 10.2 Å². The number of hydrogen-bond acceptors (Lipinski definition) is 2. The Bertz CT molecular complexity index is 617. The van der Waals surface area contributed by atoms with Crippen molar-refractivity contribution < 1.29 is 9.18 Å². The molecule has 0 spiro atoms. The van der Waals surface area contributed by atoms with Gasteiger partial charge < -0.3 is 10.2 Å². The quantitative estimate of drug-likeness (QED) is 0.887. The van der Waals surface area contributed by atoms with E-state index in [0.717, 1.165) is 4.88 Å². The lowest BCUT2D eigenvalue weighted by molar-refractivity contribution is 0.207. The number of nitrogens with one attached hydrogen (secondary N) is 1. The molecule has 0 radical (unpaired) electrons. The summed E-state index contributed by atoms with van der Waals surface area (Å²) in [7, 11) is 1.71. The molecule has 2 aromatic rings. The van der Waals surface area contributed by atoms with Gasteiger partial charge in [0.05, 0.1) is 10.9 Å². The number of halogens is 2. The van der Waals surface area contributed by atoms with Gasteiger partial charge in [-0.1, -0.05) is 29.8 Å². The van der Waals surface area contributed by atoms with Crippen LogP contribution in [0.2, 0.25) is 4.34 Å². The first-order valence-electron chi connectivity index (χ1n) is 6.53. The summed E-state index contributed by atoms with van der Waals surface area (Å²) in [6.07, 6.45) is 0.469. The van der Waals surface area contributed by atoms with Crippen LogP contribution >= 0.6 is 22.9 Å². The van der Waals surface area contributed by atoms with Gasteiger partial charge in [0.15, 0.2) is 0 Å². The lowest BCUT2D eigenvalue weighted by atomic mass is 10.1. The molecule has 6 heteroatoms. The molecule has 3 nitrogen and oxygen atoms in total. The molecule has 2 rings (SSSR count). The molecule has 0 aliphatic heterocycles. The number of rotatable bonds is 5. The predicted octanol–water partition coefficient (Wildman–Crippen LogP) is 3.92.